The van der Waals surface area contributed by atoms with Crippen LogP contribution >= 0.6 is 0 Å². The fraction of sp³-hybridized carbons (Fsp3) is 1.00. The van der Waals surface area contributed by atoms with Gasteiger partial charge in [0.25, 0.3) is 0 Å². The number of nitro groups is 1. The summed E-state index contributed by atoms with van der Waals surface area (Å²) in [6, 6.07) is -4.11. The number of alkyl halides is 2. The zero-order valence-corrected chi connectivity index (χ0v) is 4.79. The lowest BCUT2D eigenvalue weighted by molar-refractivity contribution is -0.648. The molecule has 0 saturated carbocycles. The lowest BCUT2D eigenvalue weighted by Crippen LogP contribution is -2.33. The molecule has 5 nitrogen and oxygen atoms in total. The number of hydrogen-bond acceptors (Lipinski definition) is 4. The van der Waals surface area contributed by atoms with Crippen molar-refractivity contribution in [2.75, 3.05) is 13.4 Å². The monoisotopic (exact) mass is 157 g/mol. The van der Waals surface area contributed by atoms with E-state index < -0.39 is 24.4 Å². The topological polar surface area (TPSA) is 72.6 Å². The van der Waals surface area contributed by atoms with E-state index in [9.17, 15) is 18.9 Å². The number of nitrogens with zero attached hydrogens (tertiary/aromatic N) is 1. The molecule has 0 unspecified atom stereocenters. The molecular weight excluding hydrogens is 152 g/mol. The third-order valence-corrected chi connectivity index (χ3v) is 0.634. The summed E-state index contributed by atoms with van der Waals surface area (Å²) in [5.41, 5.74) is 0. The Balaban J connectivity index is 3.75. The number of hydrogen-bond donors (Lipinski definition) is 1. The van der Waals surface area contributed by atoms with Crippen molar-refractivity contribution in [1.29, 1.82) is 0 Å². The van der Waals surface area contributed by atoms with Crippen LogP contribution in [0.1, 0.15) is 0 Å². The number of halogens is 2. The van der Waals surface area contributed by atoms with Crippen molar-refractivity contribution in [1.82, 2.24) is 0 Å². The Hall–Kier alpha value is -0.820. The van der Waals surface area contributed by atoms with Gasteiger partial charge in [0.1, 0.15) is 6.79 Å². The second-order valence-electron chi connectivity index (χ2n) is 1.40. The van der Waals surface area contributed by atoms with E-state index in [1.807, 2.05) is 0 Å². The molecule has 0 saturated heterocycles. The highest BCUT2D eigenvalue weighted by Crippen LogP contribution is 2.13. The first-order valence-electron chi connectivity index (χ1n) is 2.21. The van der Waals surface area contributed by atoms with E-state index in [0.29, 0.717) is 0 Å². The number of ether oxygens (including phenoxy) is 1. The molecule has 0 aliphatic rings. The highest BCUT2D eigenvalue weighted by Gasteiger charge is 2.44. The van der Waals surface area contributed by atoms with Gasteiger partial charge < -0.3 is 9.84 Å². The summed E-state index contributed by atoms with van der Waals surface area (Å²) in [6.45, 7) is -2.36. The second-order valence-corrected chi connectivity index (χ2v) is 1.40. The van der Waals surface area contributed by atoms with E-state index >= 15 is 0 Å². The van der Waals surface area contributed by atoms with Crippen molar-refractivity contribution in [2.24, 2.45) is 0 Å². The van der Waals surface area contributed by atoms with E-state index in [2.05, 4.69) is 4.74 Å². The molecule has 0 spiro atoms. The summed E-state index contributed by atoms with van der Waals surface area (Å²) in [5, 5.41) is 17.3. The van der Waals surface area contributed by atoms with Crippen LogP contribution in [0.25, 0.3) is 0 Å². The molecule has 0 bridgehead atoms. The molecule has 0 atom stereocenters. The maximum atomic E-state index is 11.8. The molecule has 0 amide bonds. The molecule has 0 aromatic rings. The average molecular weight is 157 g/mol. The van der Waals surface area contributed by atoms with Gasteiger partial charge in [0.05, 0.1) is 4.92 Å². The van der Waals surface area contributed by atoms with Gasteiger partial charge in [-0.05, 0) is 0 Å². The molecule has 60 valence electrons. The van der Waals surface area contributed by atoms with Crippen LogP contribution < -0.4 is 0 Å². The van der Waals surface area contributed by atoms with Gasteiger partial charge in [-0.3, -0.25) is 10.1 Å². The van der Waals surface area contributed by atoms with Gasteiger partial charge in [0.15, 0.2) is 6.61 Å². The smallest absolute Gasteiger partial charge is 0.371 e. The lowest BCUT2D eigenvalue weighted by atomic mass is 10.6. The lowest BCUT2D eigenvalue weighted by Gasteiger charge is -2.04. The second kappa shape index (κ2) is 3.37. The first-order chi connectivity index (χ1) is 4.50. The molecule has 0 aromatic carbocycles. The molecule has 0 radical (unpaired) electrons. The van der Waals surface area contributed by atoms with E-state index in [4.69, 9.17) is 5.11 Å². The summed E-state index contributed by atoms with van der Waals surface area (Å²) >= 11 is 0. The van der Waals surface area contributed by atoms with Crippen molar-refractivity contribution in [3.63, 3.8) is 0 Å². The minimum atomic E-state index is -4.11. The first-order valence-corrected chi connectivity index (χ1v) is 2.21. The van der Waals surface area contributed by atoms with Gasteiger partial charge in [0.2, 0.25) is 0 Å². The van der Waals surface area contributed by atoms with Crippen LogP contribution in [-0.4, -0.2) is 29.5 Å². The maximum absolute atomic E-state index is 11.8. The fourth-order valence-corrected chi connectivity index (χ4v) is 0.221. The zero-order valence-electron chi connectivity index (χ0n) is 4.79. The van der Waals surface area contributed by atoms with Crippen molar-refractivity contribution in [3.8, 4) is 0 Å². The molecule has 7 heteroatoms. The van der Waals surface area contributed by atoms with Gasteiger partial charge >= 0.3 is 6.05 Å². The fourth-order valence-electron chi connectivity index (χ4n) is 0.221. The van der Waals surface area contributed by atoms with Gasteiger partial charge in [0, 0.05) is 0 Å². The van der Waals surface area contributed by atoms with Crippen molar-refractivity contribution in [3.05, 3.63) is 10.1 Å². The molecule has 10 heavy (non-hydrogen) atoms. The normalized spacial score (nSPS) is 11.5. The summed E-state index contributed by atoms with van der Waals surface area (Å²) in [7, 11) is 0. The van der Waals surface area contributed by atoms with Crippen molar-refractivity contribution >= 4 is 0 Å². The van der Waals surface area contributed by atoms with Crippen LogP contribution in [0.15, 0.2) is 0 Å². The Morgan fingerprint density at radius 2 is 2.20 bits per heavy atom. The standard InChI is InChI=1S/C3H5F2NO4/c4-3(5,6(8)9)1-10-2-7/h7H,1-2H2. The van der Waals surface area contributed by atoms with Gasteiger partial charge in [-0.25, -0.2) is 0 Å². The predicted octanol–water partition coefficient (Wildman–Crippen LogP) is -0.178. The van der Waals surface area contributed by atoms with Crippen LogP contribution in [0.5, 0.6) is 0 Å². The number of rotatable bonds is 4. The highest BCUT2D eigenvalue weighted by atomic mass is 19.3. The van der Waals surface area contributed by atoms with Gasteiger partial charge in [-0.1, -0.05) is 0 Å². The predicted molar refractivity (Wildman–Crippen MR) is 25.0 cm³/mol. The third-order valence-electron chi connectivity index (χ3n) is 0.634. The van der Waals surface area contributed by atoms with E-state index in [-0.39, 0.29) is 0 Å². The molecule has 0 fully saturated rings. The van der Waals surface area contributed by atoms with Crippen LogP contribution in [0.4, 0.5) is 8.78 Å². The first kappa shape index (κ1) is 9.18. The Kier molecular flexibility index (Phi) is 3.10. The molecule has 0 heterocycles. The van der Waals surface area contributed by atoms with Crippen molar-refractivity contribution < 1.29 is 23.5 Å². The minimum absolute atomic E-state index is 0.955. The Morgan fingerprint density at radius 3 is 2.50 bits per heavy atom. The van der Waals surface area contributed by atoms with Crippen LogP contribution in [0.2, 0.25) is 0 Å². The van der Waals surface area contributed by atoms with Gasteiger partial charge in [-0.15, -0.1) is 8.78 Å². The SMILES string of the molecule is O=[N+]([O-])C(F)(F)COCO. The average Bonchev–Trinajstić information content (AvgIpc) is 1.84. The molecule has 0 aromatic heterocycles. The van der Waals surface area contributed by atoms with E-state index in [1.54, 1.807) is 0 Å². The molecular formula is C3H5F2NO4. The number of aliphatic hydroxyl groups excluding tert-OH is 1. The highest BCUT2D eigenvalue weighted by molar-refractivity contribution is 4.45. The van der Waals surface area contributed by atoms with Crippen molar-refractivity contribution in [2.45, 2.75) is 6.05 Å². The van der Waals surface area contributed by atoms with Crippen LogP contribution in [0.3, 0.4) is 0 Å². The summed E-state index contributed by atoms with van der Waals surface area (Å²) in [4.78, 5) is 7.65. The summed E-state index contributed by atoms with van der Waals surface area (Å²) in [5.74, 6) is 0. The summed E-state index contributed by atoms with van der Waals surface area (Å²) < 4.78 is 27.3. The Morgan fingerprint density at radius 1 is 1.70 bits per heavy atom. The third kappa shape index (κ3) is 2.65. The summed E-state index contributed by atoms with van der Waals surface area (Å²) in [6.07, 6.45) is 0. The zero-order chi connectivity index (χ0) is 8.20. The Bertz CT molecular complexity index is 128. The van der Waals surface area contributed by atoms with Gasteiger partial charge in [-0.2, -0.15) is 0 Å². The molecule has 0 aliphatic carbocycles. The van der Waals surface area contributed by atoms with E-state index in [1.165, 1.54) is 0 Å². The maximum Gasteiger partial charge on any atom is 0.534 e. The molecule has 0 rings (SSSR count). The van der Waals surface area contributed by atoms with Crippen LogP contribution in [-0.2, 0) is 4.74 Å². The van der Waals surface area contributed by atoms with E-state index in [0.717, 1.165) is 0 Å². The largest absolute Gasteiger partial charge is 0.534 e. The quantitative estimate of drug-likeness (QED) is 0.266. The molecule has 0 aliphatic heterocycles. The Labute approximate surface area is 54.4 Å². The minimum Gasteiger partial charge on any atom is -0.371 e. The molecule has 1 N–H and O–H groups in total. The van der Waals surface area contributed by atoms with Crippen LogP contribution in [0, 0.1) is 10.1 Å². The number of aliphatic hydroxyl groups is 1.